The van der Waals surface area contributed by atoms with Gasteiger partial charge in [0.25, 0.3) is 0 Å². The highest BCUT2D eigenvalue weighted by Gasteiger charge is 2.21. The number of rotatable bonds is 4. The Morgan fingerprint density at radius 1 is 0.333 bits per heavy atom. The van der Waals surface area contributed by atoms with E-state index in [1.807, 2.05) is 0 Å². The number of para-hydroxylation sites is 5. The van der Waals surface area contributed by atoms with Crippen LogP contribution in [0.25, 0.3) is 98.6 Å². The lowest BCUT2D eigenvalue weighted by molar-refractivity contribution is 0.870. The van der Waals surface area contributed by atoms with Gasteiger partial charge in [0.15, 0.2) is 0 Å². The molecule has 4 nitrogen and oxygen atoms in total. The normalized spacial score (nSPS) is 12.2. The van der Waals surface area contributed by atoms with E-state index in [1.54, 1.807) is 0 Å². The average Bonchev–Trinajstić information content (AvgIpc) is 3.92. The maximum atomic E-state index is 2.52. The van der Waals surface area contributed by atoms with Gasteiger partial charge in [-0.1, -0.05) is 103 Å². The maximum Gasteiger partial charge on any atom is 0.0562 e. The zero-order chi connectivity index (χ0) is 35.5. The topological polar surface area (TPSA) is 19.7 Å². The zero-order valence-electron chi connectivity index (χ0n) is 29.7. The van der Waals surface area contributed by atoms with Gasteiger partial charge in [-0.2, -0.15) is 0 Å². The van der Waals surface area contributed by atoms with E-state index in [-0.39, 0.29) is 0 Å². The quantitative estimate of drug-likeness (QED) is 0.175. The molecule has 12 aromatic rings. The van der Waals surface area contributed by atoms with Gasteiger partial charge in [0.05, 0.1) is 27.6 Å². The van der Waals surface area contributed by atoms with Crippen LogP contribution in [0.2, 0.25) is 0 Å². The third kappa shape index (κ3) is 3.97. The first-order chi connectivity index (χ1) is 26.7. The molecule has 0 unspecified atom stereocenters. The molecule has 0 aliphatic heterocycles. The van der Waals surface area contributed by atoms with Crippen LogP contribution in [0, 0.1) is 0 Å². The molecule has 0 radical (unpaired) electrons. The fourth-order valence-electron chi connectivity index (χ4n) is 9.47. The minimum Gasteiger partial charge on any atom is -0.344 e. The van der Waals surface area contributed by atoms with E-state index >= 15 is 0 Å². The first-order valence-electron chi connectivity index (χ1n) is 18.7. The fourth-order valence-corrected chi connectivity index (χ4v) is 9.47. The molecule has 0 saturated heterocycles. The lowest BCUT2D eigenvalue weighted by Crippen LogP contribution is -2.01. The number of nitrogens with zero attached hydrogens (tertiary/aromatic N) is 4. The highest BCUT2D eigenvalue weighted by atomic mass is 15.0. The van der Waals surface area contributed by atoms with E-state index in [1.165, 1.54) is 104 Å². The molecule has 0 spiro atoms. The highest BCUT2D eigenvalue weighted by molar-refractivity contribution is 6.28. The zero-order valence-corrected chi connectivity index (χ0v) is 29.7. The van der Waals surface area contributed by atoms with Crippen molar-refractivity contribution in [3.05, 3.63) is 181 Å². The Labute approximate surface area is 310 Å². The van der Waals surface area contributed by atoms with Gasteiger partial charge in [-0.25, -0.2) is 0 Å². The van der Waals surface area contributed by atoms with Gasteiger partial charge in [0.2, 0.25) is 0 Å². The number of aromatic nitrogens is 4. The van der Waals surface area contributed by atoms with Crippen molar-refractivity contribution in [2.24, 2.45) is 7.05 Å². The molecule has 8 aromatic carbocycles. The first-order valence-corrected chi connectivity index (χ1v) is 18.7. The summed E-state index contributed by atoms with van der Waals surface area (Å²) in [5.41, 5.74) is 13.5. The Morgan fingerprint density at radius 3 is 1.59 bits per heavy atom. The summed E-state index contributed by atoms with van der Waals surface area (Å²) in [5, 5.41) is 10.3. The van der Waals surface area contributed by atoms with Crippen LogP contribution in [0.1, 0.15) is 5.56 Å². The number of hydrogen-bond acceptors (Lipinski definition) is 0. The Morgan fingerprint density at radius 2 is 0.852 bits per heavy atom. The van der Waals surface area contributed by atoms with Crippen molar-refractivity contribution < 1.29 is 0 Å². The summed E-state index contributed by atoms with van der Waals surface area (Å²) in [4.78, 5) is 0. The minimum absolute atomic E-state index is 0.747. The lowest BCUT2D eigenvalue weighted by atomic mass is 10.0. The van der Waals surface area contributed by atoms with Crippen molar-refractivity contribution in [3.8, 4) is 11.4 Å². The molecule has 0 fully saturated rings. The molecule has 0 N–H and O–H groups in total. The van der Waals surface area contributed by atoms with Crippen LogP contribution in [-0.4, -0.2) is 18.3 Å². The second-order valence-electron chi connectivity index (χ2n) is 14.6. The molecule has 4 heteroatoms. The van der Waals surface area contributed by atoms with E-state index in [0.717, 1.165) is 6.54 Å². The standard InChI is InChI=1S/C50H34N4/c1-51-41-21-11-10-20-37(41)49-44(51)26-27-45-50(49)38-25-24-32(28-47(38)54(45)34-16-6-3-7-17-34)31-52-42-22-12-8-18-35(42)39-29-40-36-19-9-13-23-43(36)53(48(40)30-46(39)52)33-14-4-2-5-15-33/h2-30H,31H2,1H3. The number of fused-ring (bicyclic) bond motifs is 13. The van der Waals surface area contributed by atoms with E-state index in [0.29, 0.717) is 0 Å². The first kappa shape index (κ1) is 29.5. The molecule has 0 saturated carbocycles. The van der Waals surface area contributed by atoms with Crippen molar-refractivity contribution in [3.63, 3.8) is 0 Å². The van der Waals surface area contributed by atoms with E-state index in [4.69, 9.17) is 0 Å². The van der Waals surface area contributed by atoms with Gasteiger partial charge in [0.1, 0.15) is 0 Å². The van der Waals surface area contributed by atoms with Crippen LogP contribution in [0.15, 0.2) is 176 Å². The SMILES string of the molecule is Cn1c2ccccc2c2c3c4ccc(Cn5c6ccccc6c6cc7c8ccccc8n(-c8ccccc8)c7cc65)cc4n(-c4ccccc4)c3ccc21. The summed E-state index contributed by atoms with van der Waals surface area (Å²) in [7, 11) is 2.18. The largest absolute Gasteiger partial charge is 0.344 e. The molecule has 0 atom stereocenters. The van der Waals surface area contributed by atoms with Crippen LogP contribution >= 0.6 is 0 Å². The molecule has 0 amide bonds. The van der Waals surface area contributed by atoms with Crippen molar-refractivity contribution >= 4 is 87.2 Å². The fraction of sp³-hybridized carbons (Fsp3) is 0.0400. The second-order valence-corrected chi connectivity index (χ2v) is 14.6. The Bertz CT molecular complexity index is 3460. The third-order valence-corrected chi connectivity index (χ3v) is 11.8. The lowest BCUT2D eigenvalue weighted by Gasteiger charge is -2.11. The maximum absolute atomic E-state index is 2.52. The predicted molar refractivity (Wildman–Crippen MR) is 228 cm³/mol. The van der Waals surface area contributed by atoms with Crippen molar-refractivity contribution in [2.75, 3.05) is 0 Å². The van der Waals surface area contributed by atoms with Crippen molar-refractivity contribution in [1.29, 1.82) is 0 Å². The highest BCUT2D eigenvalue weighted by Crippen LogP contribution is 2.42. The second kappa shape index (κ2) is 11.0. The Kier molecular flexibility index (Phi) is 6.01. The molecule has 54 heavy (non-hydrogen) atoms. The van der Waals surface area contributed by atoms with Gasteiger partial charge < -0.3 is 18.3 Å². The number of benzene rings is 8. The van der Waals surface area contributed by atoms with Crippen LogP contribution in [0.4, 0.5) is 0 Å². The Hall–Kier alpha value is -7.04. The molecule has 0 bridgehead atoms. The van der Waals surface area contributed by atoms with Gasteiger partial charge in [0, 0.05) is 84.6 Å². The minimum atomic E-state index is 0.747. The summed E-state index contributed by atoms with van der Waals surface area (Å²) in [5.74, 6) is 0. The van der Waals surface area contributed by atoms with Crippen molar-refractivity contribution in [2.45, 2.75) is 6.54 Å². The molecule has 254 valence electrons. The number of aryl methyl sites for hydroxylation is 1. The molecular weight excluding hydrogens is 657 g/mol. The van der Waals surface area contributed by atoms with Crippen LogP contribution in [0.3, 0.4) is 0 Å². The van der Waals surface area contributed by atoms with Gasteiger partial charge >= 0.3 is 0 Å². The summed E-state index contributed by atoms with van der Waals surface area (Å²) < 4.78 is 9.74. The Balaban J connectivity index is 1.13. The van der Waals surface area contributed by atoms with Crippen LogP contribution in [-0.2, 0) is 13.6 Å². The van der Waals surface area contributed by atoms with E-state index in [9.17, 15) is 0 Å². The van der Waals surface area contributed by atoms with E-state index < -0.39 is 0 Å². The molecule has 12 rings (SSSR count). The number of hydrogen-bond donors (Lipinski definition) is 0. The van der Waals surface area contributed by atoms with Gasteiger partial charge in [-0.15, -0.1) is 0 Å². The third-order valence-electron chi connectivity index (χ3n) is 11.8. The van der Waals surface area contributed by atoms with Crippen LogP contribution in [0.5, 0.6) is 0 Å². The molecule has 0 aliphatic rings. The van der Waals surface area contributed by atoms with E-state index in [2.05, 4.69) is 201 Å². The molecule has 4 heterocycles. The average molecular weight is 691 g/mol. The summed E-state index contributed by atoms with van der Waals surface area (Å²) in [6.45, 7) is 0.747. The van der Waals surface area contributed by atoms with Gasteiger partial charge in [-0.05, 0) is 78.4 Å². The predicted octanol–water partition coefficient (Wildman–Crippen LogP) is 12.7. The smallest absolute Gasteiger partial charge is 0.0562 e. The summed E-state index contributed by atoms with van der Waals surface area (Å²) in [6, 6.07) is 64.7. The summed E-state index contributed by atoms with van der Waals surface area (Å²) >= 11 is 0. The summed E-state index contributed by atoms with van der Waals surface area (Å²) in [6.07, 6.45) is 0. The van der Waals surface area contributed by atoms with Crippen LogP contribution < -0.4 is 0 Å². The van der Waals surface area contributed by atoms with Crippen molar-refractivity contribution in [1.82, 2.24) is 18.3 Å². The molecule has 4 aromatic heterocycles. The monoisotopic (exact) mass is 690 g/mol. The molecular formula is C50H34N4. The molecule has 0 aliphatic carbocycles. The van der Waals surface area contributed by atoms with Gasteiger partial charge in [-0.3, -0.25) is 0 Å².